The van der Waals surface area contributed by atoms with Gasteiger partial charge in [-0.1, -0.05) is 0 Å². The van der Waals surface area contributed by atoms with Gasteiger partial charge in [-0.25, -0.2) is 4.98 Å². The van der Waals surface area contributed by atoms with E-state index in [0.29, 0.717) is 5.75 Å². The average molecular weight is 265 g/mol. The second-order valence-electron chi connectivity index (χ2n) is 4.50. The topological polar surface area (TPSA) is 30.3 Å². The molecule has 0 unspecified atom stereocenters. The molecule has 1 heterocycles. The minimum Gasteiger partial charge on any atom is -0.497 e. The number of thiol groups is 1. The predicted octanol–water partition coefficient (Wildman–Crippen LogP) is 2.04. The lowest BCUT2D eigenvalue weighted by atomic mass is 10.3. The van der Waals surface area contributed by atoms with E-state index in [1.54, 1.807) is 7.11 Å². The van der Waals surface area contributed by atoms with E-state index in [0.717, 1.165) is 35.7 Å². The predicted molar refractivity (Wildman–Crippen MR) is 77.5 cm³/mol. The van der Waals surface area contributed by atoms with Crippen molar-refractivity contribution in [2.75, 3.05) is 27.7 Å². The van der Waals surface area contributed by atoms with Crippen molar-refractivity contribution in [2.45, 2.75) is 12.3 Å². The highest BCUT2D eigenvalue weighted by Crippen LogP contribution is 2.22. The van der Waals surface area contributed by atoms with Crippen LogP contribution in [0.5, 0.6) is 5.75 Å². The quantitative estimate of drug-likeness (QED) is 0.839. The monoisotopic (exact) mass is 265 g/mol. The molecule has 1 aromatic heterocycles. The number of nitrogens with zero attached hydrogens (tertiary/aromatic N) is 3. The first kappa shape index (κ1) is 13.2. The summed E-state index contributed by atoms with van der Waals surface area (Å²) in [7, 11) is 5.81. The number of benzene rings is 1. The smallest absolute Gasteiger partial charge is 0.121 e. The number of ether oxygens (including phenoxy) is 1. The number of likely N-dealkylation sites (N-methyl/N-ethyl adjacent to an activating group) is 1. The highest BCUT2D eigenvalue weighted by molar-refractivity contribution is 7.79. The number of imidazole rings is 1. The van der Waals surface area contributed by atoms with Crippen LogP contribution in [0.4, 0.5) is 0 Å². The zero-order valence-corrected chi connectivity index (χ0v) is 11.9. The van der Waals surface area contributed by atoms with E-state index in [1.165, 1.54) is 0 Å². The van der Waals surface area contributed by atoms with Crippen molar-refractivity contribution in [1.29, 1.82) is 0 Å². The third-order valence-corrected chi connectivity index (χ3v) is 3.23. The third-order valence-electron chi connectivity index (χ3n) is 2.95. The Kier molecular flexibility index (Phi) is 4.14. The number of rotatable bonds is 5. The molecule has 2 rings (SSSR count). The molecule has 0 saturated carbocycles. The van der Waals surface area contributed by atoms with Crippen molar-refractivity contribution < 1.29 is 4.74 Å². The molecule has 2 aromatic rings. The molecule has 1 aromatic carbocycles. The molecule has 0 aliphatic rings. The second-order valence-corrected chi connectivity index (χ2v) is 4.81. The van der Waals surface area contributed by atoms with E-state index in [2.05, 4.69) is 47.2 Å². The van der Waals surface area contributed by atoms with Crippen LogP contribution in [-0.2, 0) is 12.3 Å². The van der Waals surface area contributed by atoms with Gasteiger partial charge in [0.05, 0.1) is 18.1 Å². The average Bonchev–Trinajstić information content (AvgIpc) is 2.72. The summed E-state index contributed by atoms with van der Waals surface area (Å²) in [6.07, 6.45) is 0. The maximum atomic E-state index is 5.23. The van der Waals surface area contributed by atoms with Gasteiger partial charge in [0.1, 0.15) is 11.6 Å². The molecule has 0 saturated heterocycles. The van der Waals surface area contributed by atoms with Crippen molar-refractivity contribution in [3.8, 4) is 5.75 Å². The molecule has 0 atom stereocenters. The normalized spacial score (nSPS) is 11.4. The Morgan fingerprint density at radius 3 is 2.78 bits per heavy atom. The van der Waals surface area contributed by atoms with E-state index < -0.39 is 0 Å². The summed E-state index contributed by atoms with van der Waals surface area (Å²) in [6, 6.07) is 6.00. The fourth-order valence-corrected chi connectivity index (χ4v) is 2.20. The Morgan fingerprint density at radius 1 is 1.39 bits per heavy atom. The minimum absolute atomic E-state index is 0.643. The summed E-state index contributed by atoms with van der Waals surface area (Å²) in [6.45, 7) is 1.91. The molecule has 5 heteroatoms. The zero-order valence-electron chi connectivity index (χ0n) is 11.1. The van der Waals surface area contributed by atoms with Crippen LogP contribution >= 0.6 is 12.6 Å². The van der Waals surface area contributed by atoms with Crippen LogP contribution < -0.4 is 4.74 Å². The van der Waals surface area contributed by atoms with Crippen LogP contribution in [0.1, 0.15) is 5.82 Å². The molecule has 0 aliphatic heterocycles. The summed E-state index contributed by atoms with van der Waals surface area (Å²) in [4.78, 5) is 6.77. The summed E-state index contributed by atoms with van der Waals surface area (Å²) in [5, 5.41) is 0. The van der Waals surface area contributed by atoms with Gasteiger partial charge in [0.2, 0.25) is 0 Å². The maximum Gasteiger partial charge on any atom is 0.121 e. The molecule has 0 bridgehead atoms. The number of methoxy groups -OCH3 is 1. The first-order chi connectivity index (χ1) is 8.65. The van der Waals surface area contributed by atoms with Gasteiger partial charge in [-0.15, -0.1) is 0 Å². The first-order valence-corrected chi connectivity index (χ1v) is 6.57. The standard InChI is InChI=1S/C13H19N3OS/c1-15(2)6-7-16-12-5-4-10(17-3)8-11(12)14-13(16)9-18/h4-5,8,18H,6-7,9H2,1-3H3. The molecular weight excluding hydrogens is 246 g/mol. The summed E-state index contributed by atoms with van der Waals surface area (Å²) >= 11 is 4.36. The lowest BCUT2D eigenvalue weighted by molar-refractivity contribution is 0.384. The van der Waals surface area contributed by atoms with Crippen LogP contribution in [0.2, 0.25) is 0 Å². The summed E-state index contributed by atoms with van der Waals surface area (Å²) < 4.78 is 7.45. The highest BCUT2D eigenvalue weighted by Gasteiger charge is 2.10. The Bertz CT molecular complexity index is 536. The van der Waals surface area contributed by atoms with E-state index >= 15 is 0 Å². The number of aromatic nitrogens is 2. The molecule has 0 aliphatic carbocycles. The van der Waals surface area contributed by atoms with Crippen molar-refractivity contribution in [2.24, 2.45) is 0 Å². The van der Waals surface area contributed by atoms with Gasteiger partial charge in [0, 0.05) is 24.9 Å². The van der Waals surface area contributed by atoms with Crippen molar-refractivity contribution in [3.05, 3.63) is 24.0 Å². The Hall–Kier alpha value is -1.20. The highest BCUT2D eigenvalue weighted by atomic mass is 32.1. The zero-order chi connectivity index (χ0) is 13.1. The van der Waals surface area contributed by atoms with Gasteiger partial charge >= 0.3 is 0 Å². The fraction of sp³-hybridized carbons (Fsp3) is 0.462. The Labute approximate surface area is 113 Å². The van der Waals surface area contributed by atoms with Gasteiger partial charge in [-0.2, -0.15) is 12.6 Å². The molecule has 0 spiro atoms. The SMILES string of the molecule is COc1ccc2c(c1)nc(CS)n2CCN(C)C. The summed E-state index contributed by atoms with van der Waals surface area (Å²) in [5.41, 5.74) is 2.11. The summed E-state index contributed by atoms with van der Waals surface area (Å²) in [5.74, 6) is 2.48. The van der Waals surface area contributed by atoms with Gasteiger partial charge in [0.15, 0.2) is 0 Å². The van der Waals surface area contributed by atoms with Crippen LogP contribution in [-0.4, -0.2) is 42.2 Å². The van der Waals surface area contributed by atoms with Gasteiger partial charge in [0.25, 0.3) is 0 Å². The molecular formula is C13H19N3OS. The fourth-order valence-electron chi connectivity index (χ4n) is 1.96. The van der Waals surface area contributed by atoms with Gasteiger partial charge in [-0.05, 0) is 26.2 Å². The van der Waals surface area contributed by atoms with Crippen molar-refractivity contribution in [1.82, 2.24) is 14.5 Å². The molecule has 98 valence electrons. The number of hydrogen-bond acceptors (Lipinski definition) is 4. The van der Waals surface area contributed by atoms with E-state index in [1.807, 2.05) is 12.1 Å². The minimum atomic E-state index is 0.643. The molecule has 0 radical (unpaired) electrons. The maximum absolute atomic E-state index is 5.23. The largest absolute Gasteiger partial charge is 0.497 e. The number of hydrogen-bond donors (Lipinski definition) is 1. The van der Waals surface area contributed by atoms with Crippen molar-refractivity contribution in [3.63, 3.8) is 0 Å². The second kappa shape index (κ2) is 5.63. The van der Waals surface area contributed by atoms with Crippen LogP contribution in [0.15, 0.2) is 18.2 Å². The molecule has 0 amide bonds. The van der Waals surface area contributed by atoms with E-state index in [4.69, 9.17) is 4.74 Å². The molecule has 4 nitrogen and oxygen atoms in total. The van der Waals surface area contributed by atoms with Crippen molar-refractivity contribution >= 4 is 23.7 Å². The molecule has 0 N–H and O–H groups in total. The van der Waals surface area contributed by atoms with E-state index in [9.17, 15) is 0 Å². The van der Waals surface area contributed by atoms with Gasteiger partial charge in [-0.3, -0.25) is 0 Å². The first-order valence-electron chi connectivity index (χ1n) is 5.94. The number of fused-ring (bicyclic) bond motifs is 1. The van der Waals surface area contributed by atoms with Gasteiger partial charge < -0.3 is 14.2 Å². The van der Waals surface area contributed by atoms with Crippen LogP contribution in [0.3, 0.4) is 0 Å². The molecule has 18 heavy (non-hydrogen) atoms. The Balaban J connectivity index is 2.42. The third kappa shape index (κ3) is 2.62. The molecule has 0 fully saturated rings. The van der Waals surface area contributed by atoms with Crippen LogP contribution in [0.25, 0.3) is 11.0 Å². The van der Waals surface area contributed by atoms with Crippen LogP contribution in [0, 0.1) is 0 Å². The van der Waals surface area contributed by atoms with E-state index in [-0.39, 0.29) is 0 Å². The lowest BCUT2D eigenvalue weighted by Gasteiger charge is -2.12. The Morgan fingerprint density at radius 2 is 2.17 bits per heavy atom. The lowest BCUT2D eigenvalue weighted by Crippen LogP contribution is -2.19.